The van der Waals surface area contributed by atoms with Gasteiger partial charge in [0.15, 0.2) is 5.78 Å². The van der Waals surface area contributed by atoms with Gasteiger partial charge in [-0.1, -0.05) is 43.7 Å². The van der Waals surface area contributed by atoms with Crippen molar-refractivity contribution >= 4 is 5.78 Å². The second-order valence-corrected chi connectivity index (χ2v) is 7.20. The van der Waals surface area contributed by atoms with Crippen molar-refractivity contribution < 1.29 is 9.90 Å². The molecule has 0 saturated heterocycles. The molecule has 0 bridgehead atoms. The summed E-state index contributed by atoms with van der Waals surface area (Å²) >= 11 is 0. The Morgan fingerprint density at radius 3 is 2.57 bits per heavy atom. The van der Waals surface area contributed by atoms with Gasteiger partial charge in [-0.15, -0.1) is 0 Å². The largest absolute Gasteiger partial charge is 0.386 e. The van der Waals surface area contributed by atoms with Crippen molar-refractivity contribution in [2.24, 2.45) is 17.3 Å². The maximum Gasteiger partial charge on any atom is 0.157 e. The van der Waals surface area contributed by atoms with Gasteiger partial charge in [0.2, 0.25) is 0 Å². The molecule has 0 heterocycles. The van der Waals surface area contributed by atoms with E-state index in [-0.39, 0.29) is 5.78 Å². The third-order valence-electron chi connectivity index (χ3n) is 5.11. The van der Waals surface area contributed by atoms with Gasteiger partial charge in [0.1, 0.15) is 6.10 Å². The zero-order valence-electron chi connectivity index (χ0n) is 13.7. The zero-order valence-corrected chi connectivity index (χ0v) is 13.7. The fraction of sp³-hybridized carbons (Fsp3) is 0.632. The molecule has 3 rings (SSSR count). The van der Waals surface area contributed by atoms with Crippen LogP contribution in [-0.4, -0.2) is 17.0 Å². The Morgan fingerprint density at radius 2 is 1.95 bits per heavy atom. The number of hydrogen-bond acceptors (Lipinski definition) is 2. The molecule has 2 heteroatoms. The van der Waals surface area contributed by atoms with Gasteiger partial charge in [0.25, 0.3) is 0 Å². The zero-order chi connectivity index (χ0) is 15.6. The number of rotatable bonds is 1. The Kier molecular flexibility index (Phi) is 4.88. The van der Waals surface area contributed by atoms with Crippen molar-refractivity contribution in [1.29, 1.82) is 0 Å². The fourth-order valence-electron chi connectivity index (χ4n) is 3.79. The van der Waals surface area contributed by atoms with E-state index in [0.29, 0.717) is 5.41 Å². The SMILES string of the molecule is CC(=O)C(C)O.CC1(C)CCC2CCC3C=CC=CC3=C21. The predicted octanol–water partition coefficient (Wildman–Crippen LogP) is 4.21. The summed E-state index contributed by atoms with van der Waals surface area (Å²) in [5.41, 5.74) is 3.92. The molecule has 0 aromatic carbocycles. The van der Waals surface area contributed by atoms with Crippen molar-refractivity contribution in [2.45, 2.75) is 59.5 Å². The number of aliphatic hydroxyl groups excluding tert-OH is 1. The van der Waals surface area contributed by atoms with Gasteiger partial charge in [-0.2, -0.15) is 0 Å². The van der Waals surface area contributed by atoms with Gasteiger partial charge in [-0.25, -0.2) is 0 Å². The minimum absolute atomic E-state index is 0.185. The van der Waals surface area contributed by atoms with Crippen molar-refractivity contribution in [3.8, 4) is 0 Å². The molecule has 1 saturated carbocycles. The maximum atomic E-state index is 9.89. The lowest BCUT2D eigenvalue weighted by Gasteiger charge is -2.34. The Bertz CT molecular complexity index is 492. The average molecular weight is 288 g/mol. The summed E-state index contributed by atoms with van der Waals surface area (Å²) in [6.45, 7) is 7.67. The van der Waals surface area contributed by atoms with E-state index < -0.39 is 6.10 Å². The van der Waals surface area contributed by atoms with Crippen LogP contribution in [0.5, 0.6) is 0 Å². The highest BCUT2D eigenvalue weighted by molar-refractivity contribution is 5.79. The lowest BCUT2D eigenvalue weighted by Crippen LogP contribution is -2.21. The molecule has 0 aromatic rings. The molecule has 21 heavy (non-hydrogen) atoms. The summed E-state index contributed by atoms with van der Waals surface area (Å²) in [6, 6.07) is 0. The smallest absolute Gasteiger partial charge is 0.157 e. The van der Waals surface area contributed by atoms with E-state index in [1.165, 1.54) is 39.5 Å². The van der Waals surface area contributed by atoms with Crippen LogP contribution in [0.3, 0.4) is 0 Å². The standard InChI is InChI=1S/C15H20.C4H8O2/c1-15(2)10-9-12-8-7-11-5-3-4-6-13(11)14(12)15;1-3(5)4(2)6/h3-6,11-12H,7-10H2,1-2H3;3,5H,1-2H3. The van der Waals surface area contributed by atoms with Gasteiger partial charge in [0, 0.05) is 5.92 Å². The van der Waals surface area contributed by atoms with Crippen LogP contribution in [0, 0.1) is 17.3 Å². The number of Topliss-reactive ketones (excluding diaryl/α,β-unsaturated/α-hetero) is 1. The molecule has 0 radical (unpaired) electrons. The molecule has 3 aliphatic carbocycles. The molecule has 3 aliphatic rings. The van der Waals surface area contributed by atoms with Gasteiger partial charge in [-0.05, 0) is 56.4 Å². The number of ketones is 1. The van der Waals surface area contributed by atoms with Crippen LogP contribution >= 0.6 is 0 Å². The minimum atomic E-state index is -0.787. The van der Waals surface area contributed by atoms with E-state index in [9.17, 15) is 4.79 Å². The Morgan fingerprint density at radius 1 is 1.29 bits per heavy atom. The topological polar surface area (TPSA) is 37.3 Å². The molecule has 0 aromatic heterocycles. The minimum Gasteiger partial charge on any atom is -0.386 e. The first-order chi connectivity index (χ1) is 9.83. The molecule has 1 N–H and O–H groups in total. The van der Waals surface area contributed by atoms with E-state index in [1.807, 2.05) is 0 Å². The van der Waals surface area contributed by atoms with Gasteiger partial charge in [0.05, 0.1) is 0 Å². The number of allylic oxidation sites excluding steroid dienone is 6. The first kappa shape index (κ1) is 16.2. The number of carbonyl (C=O) groups excluding carboxylic acids is 1. The summed E-state index contributed by atoms with van der Waals surface area (Å²) in [7, 11) is 0. The molecule has 116 valence electrons. The second kappa shape index (κ2) is 6.31. The first-order valence-corrected chi connectivity index (χ1v) is 8.11. The summed E-state index contributed by atoms with van der Waals surface area (Å²) < 4.78 is 0. The van der Waals surface area contributed by atoms with Crippen LogP contribution in [0.4, 0.5) is 0 Å². The van der Waals surface area contributed by atoms with Gasteiger partial charge in [-0.3, -0.25) is 4.79 Å². The average Bonchev–Trinajstić information content (AvgIpc) is 2.75. The number of aliphatic hydroxyl groups is 1. The molecule has 3 atom stereocenters. The van der Waals surface area contributed by atoms with Crippen LogP contribution in [0.2, 0.25) is 0 Å². The van der Waals surface area contributed by atoms with Crippen LogP contribution in [0.1, 0.15) is 53.4 Å². The molecule has 0 amide bonds. The summed E-state index contributed by atoms with van der Waals surface area (Å²) in [5, 5.41) is 8.28. The lowest BCUT2D eigenvalue weighted by molar-refractivity contribution is -0.124. The van der Waals surface area contributed by atoms with E-state index in [4.69, 9.17) is 5.11 Å². The van der Waals surface area contributed by atoms with Crippen molar-refractivity contribution in [3.63, 3.8) is 0 Å². The Labute approximate surface area is 128 Å². The first-order valence-electron chi connectivity index (χ1n) is 8.11. The molecule has 0 spiro atoms. The molecule has 0 aliphatic heterocycles. The Hall–Kier alpha value is -1.15. The van der Waals surface area contributed by atoms with Crippen molar-refractivity contribution in [3.05, 3.63) is 35.5 Å². The number of carbonyl (C=O) groups is 1. The Balaban J connectivity index is 0.000000232. The number of fused-ring (bicyclic) bond motifs is 2. The van der Waals surface area contributed by atoms with Crippen molar-refractivity contribution in [2.75, 3.05) is 0 Å². The highest BCUT2D eigenvalue weighted by Crippen LogP contribution is 2.54. The van der Waals surface area contributed by atoms with E-state index >= 15 is 0 Å². The predicted molar refractivity (Wildman–Crippen MR) is 86.9 cm³/mol. The second-order valence-electron chi connectivity index (χ2n) is 7.20. The van der Waals surface area contributed by atoms with Crippen molar-refractivity contribution in [1.82, 2.24) is 0 Å². The van der Waals surface area contributed by atoms with Crippen LogP contribution in [0.15, 0.2) is 35.5 Å². The highest BCUT2D eigenvalue weighted by atomic mass is 16.3. The van der Waals surface area contributed by atoms with Gasteiger partial charge >= 0.3 is 0 Å². The number of hydrogen-bond donors (Lipinski definition) is 1. The van der Waals surface area contributed by atoms with Crippen LogP contribution in [0.25, 0.3) is 0 Å². The summed E-state index contributed by atoms with van der Waals surface area (Å²) in [4.78, 5) is 9.89. The van der Waals surface area contributed by atoms with E-state index in [2.05, 4.69) is 38.2 Å². The van der Waals surface area contributed by atoms with Crippen LogP contribution < -0.4 is 0 Å². The summed E-state index contributed by atoms with van der Waals surface area (Å²) in [5.74, 6) is 1.45. The molecule has 3 unspecified atom stereocenters. The molecule has 1 fully saturated rings. The van der Waals surface area contributed by atoms with Crippen LogP contribution in [-0.2, 0) is 4.79 Å². The normalized spacial score (nSPS) is 30.1. The monoisotopic (exact) mass is 288 g/mol. The van der Waals surface area contributed by atoms with E-state index in [1.54, 1.807) is 11.1 Å². The quantitative estimate of drug-likeness (QED) is 0.784. The van der Waals surface area contributed by atoms with E-state index in [0.717, 1.165) is 11.8 Å². The third-order valence-corrected chi connectivity index (χ3v) is 5.11. The third kappa shape index (κ3) is 3.55. The molecular formula is C19H28O2. The highest BCUT2D eigenvalue weighted by Gasteiger charge is 2.41. The molecule has 2 nitrogen and oxygen atoms in total. The fourth-order valence-corrected chi connectivity index (χ4v) is 3.79. The van der Waals surface area contributed by atoms with Gasteiger partial charge < -0.3 is 5.11 Å². The maximum absolute atomic E-state index is 9.89. The molecular weight excluding hydrogens is 260 g/mol. The lowest BCUT2D eigenvalue weighted by atomic mass is 9.71. The summed E-state index contributed by atoms with van der Waals surface area (Å²) in [6.07, 6.45) is 14.0.